The van der Waals surface area contributed by atoms with Crippen LogP contribution in [0.3, 0.4) is 0 Å². The molecule has 0 spiro atoms. The molecule has 0 saturated heterocycles. The predicted molar refractivity (Wildman–Crippen MR) is 145 cm³/mol. The van der Waals surface area contributed by atoms with Gasteiger partial charge in [0.2, 0.25) is 5.91 Å². The molecule has 0 aromatic heterocycles. The molecule has 6 heteroatoms. The lowest BCUT2D eigenvalue weighted by molar-refractivity contribution is -0.132. The molecule has 0 aromatic rings. The lowest BCUT2D eigenvalue weighted by atomic mass is 9.99. The fourth-order valence-corrected chi connectivity index (χ4v) is 4.28. The number of aliphatic hydroxyl groups is 4. The van der Waals surface area contributed by atoms with E-state index >= 15 is 0 Å². The highest BCUT2D eigenvalue weighted by Gasteiger charge is 2.28. The van der Waals surface area contributed by atoms with Crippen molar-refractivity contribution in [2.45, 2.75) is 160 Å². The summed E-state index contributed by atoms with van der Waals surface area (Å²) in [7, 11) is 0. The van der Waals surface area contributed by atoms with E-state index in [-0.39, 0.29) is 0 Å². The van der Waals surface area contributed by atoms with Crippen molar-refractivity contribution in [1.29, 1.82) is 0 Å². The molecule has 0 aliphatic rings. The SMILES string of the molecule is CCCCCCCC/C=C\CCCCC(O)C(=O)NC(CO)C(O)C(O)CCCCCCCCC. The first-order valence-corrected chi connectivity index (χ1v) is 14.6. The maximum atomic E-state index is 12.3. The topological polar surface area (TPSA) is 110 Å². The van der Waals surface area contributed by atoms with Crippen molar-refractivity contribution in [3.63, 3.8) is 0 Å². The third-order valence-corrected chi connectivity index (χ3v) is 6.73. The zero-order chi connectivity index (χ0) is 26.2. The quantitative estimate of drug-likeness (QED) is 0.0835. The van der Waals surface area contributed by atoms with E-state index in [0.717, 1.165) is 44.9 Å². The molecule has 5 N–H and O–H groups in total. The minimum atomic E-state index is -1.26. The van der Waals surface area contributed by atoms with Crippen LogP contribution in [0.2, 0.25) is 0 Å². The van der Waals surface area contributed by atoms with E-state index in [9.17, 15) is 25.2 Å². The number of hydrogen-bond donors (Lipinski definition) is 5. The zero-order valence-electron chi connectivity index (χ0n) is 22.8. The second kappa shape index (κ2) is 24.7. The van der Waals surface area contributed by atoms with E-state index in [1.54, 1.807) is 0 Å². The Kier molecular flexibility index (Phi) is 24.1. The minimum absolute atomic E-state index is 0.339. The molecule has 0 aliphatic heterocycles. The summed E-state index contributed by atoms with van der Waals surface area (Å²) in [6.07, 6.45) is 21.0. The summed E-state index contributed by atoms with van der Waals surface area (Å²) in [5, 5.41) is 42.8. The van der Waals surface area contributed by atoms with Gasteiger partial charge in [0, 0.05) is 0 Å². The van der Waals surface area contributed by atoms with Crippen molar-refractivity contribution < 1.29 is 25.2 Å². The van der Waals surface area contributed by atoms with Gasteiger partial charge in [0.1, 0.15) is 12.2 Å². The first-order valence-electron chi connectivity index (χ1n) is 14.6. The lowest BCUT2D eigenvalue weighted by Crippen LogP contribution is -2.53. The van der Waals surface area contributed by atoms with Crippen molar-refractivity contribution in [3.05, 3.63) is 12.2 Å². The summed E-state index contributed by atoms with van der Waals surface area (Å²) in [4.78, 5) is 12.3. The Bertz CT molecular complexity index is 499. The number of allylic oxidation sites excluding steroid dienone is 2. The fraction of sp³-hybridized carbons (Fsp3) is 0.897. The van der Waals surface area contributed by atoms with Crippen molar-refractivity contribution in [3.8, 4) is 0 Å². The summed E-state index contributed by atoms with van der Waals surface area (Å²) in [6.45, 7) is 3.93. The first kappa shape index (κ1) is 34.0. The van der Waals surface area contributed by atoms with Crippen LogP contribution in [0.15, 0.2) is 12.2 Å². The van der Waals surface area contributed by atoms with Gasteiger partial charge in [-0.3, -0.25) is 4.79 Å². The molecular formula is C29H57NO5. The van der Waals surface area contributed by atoms with Gasteiger partial charge in [-0.1, -0.05) is 109 Å². The summed E-state index contributed by atoms with van der Waals surface area (Å²) in [6, 6.07) is -0.985. The Hall–Kier alpha value is -0.950. The Morgan fingerprint density at radius 2 is 1.14 bits per heavy atom. The normalized spacial score (nSPS) is 15.3. The van der Waals surface area contributed by atoms with Crippen LogP contribution in [-0.4, -0.2) is 57.3 Å². The smallest absolute Gasteiger partial charge is 0.249 e. The standard InChI is InChI=1S/C29H57NO5/c1-3-5-7-9-11-12-13-14-15-17-19-21-23-27(33)29(35)30-25(24-31)28(34)26(32)22-20-18-16-10-8-6-4-2/h14-15,25-28,31-34H,3-13,16-24H2,1-2H3,(H,30,35)/b15-14-. The van der Waals surface area contributed by atoms with Gasteiger partial charge in [-0.2, -0.15) is 0 Å². The number of nitrogens with one attached hydrogen (secondary N) is 1. The maximum absolute atomic E-state index is 12.3. The van der Waals surface area contributed by atoms with E-state index in [4.69, 9.17) is 0 Å². The maximum Gasteiger partial charge on any atom is 0.249 e. The summed E-state index contributed by atoms with van der Waals surface area (Å²) >= 11 is 0. The number of hydrogen-bond acceptors (Lipinski definition) is 5. The third-order valence-electron chi connectivity index (χ3n) is 6.73. The highest BCUT2D eigenvalue weighted by atomic mass is 16.3. The Balaban J connectivity index is 3.97. The number of rotatable bonds is 25. The second-order valence-electron chi connectivity index (χ2n) is 10.1. The largest absolute Gasteiger partial charge is 0.394 e. The van der Waals surface area contributed by atoms with E-state index in [1.807, 2.05) is 0 Å². The van der Waals surface area contributed by atoms with E-state index in [2.05, 4.69) is 31.3 Å². The monoisotopic (exact) mass is 499 g/mol. The van der Waals surface area contributed by atoms with Gasteiger partial charge in [-0.25, -0.2) is 0 Å². The molecule has 35 heavy (non-hydrogen) atoms. The first-order chi connectivity index (χ1) is 17.0. The molecule has 4 atom stereocenters. The molecule has 0 fully saturated rings. The van der Waals surface area contributed by atoms with Crippen molar-refractivity contribution in [1.82, 2.24) is 5.32 Å². The molecule has 4 unspecified atom stereocenters. The number of carbonyl (C=O) groups is 1. The third kappa shape index (κ3) is 19.9. The summed E-state index contributed by atoms with van der Waals surface area (Å²) < 4.78 is 0. The molecular weight excluding hydrogens is 442 g/mol. The molecule has 0 saturated carbocycles. The minimum Gasteiger partial charge on any atom is -0.394 e. The van der Waals surface area contributed by atoms with Crippen LogP contribution in [-0.2, 0) is 4.79 Å². The zero-order valence-corrected chi connectivity index (χ0v) is 22.8. The van der Waals surface area contributed by atoms with E-state index in [0.29, 0.717) is 12.8 Å². The van der Waals surface area contributed by atoms with Gasteiger partial charge in [0.25, 0.3) is 0 Å². The molecule has 0 heterocycles. The van der Waals surface area contributed by atoms with Gasteiger partial charge in [0.15, 0.2) is 0 Å². The second-order valence-corrected chi connectivity index (χ2v) is 10.1. The lowest BCUT2D eigenvalue weighted by Gasteiger charge is -2.27. The molecule has 0 aromatic carbocycles. The van der Waals surface area contributed by atoms with Crippen LogP contribution in [0.25, 0.3) is 0 Å². The summed E-state index contributed by atoms with van der Waals surface area (Å²) in [5.74, 6) is -0.607. The van der Waals surface area contributed by atoms with Crippen molar-refractivity contribution >= 4 is 5.91 Å². The van der Waals surface area contributed by atoms with Gasteiger partial charge in [-0.05, 0) is 38.5 Å². The molecule has 0 rings (SSSR count). The van der Waals surface area contributed by atoms with E-state index in [1.165, 1.54) is 64.2 Å². The van der Waals surface area contributed by atoms with Crippen LogP contribution in [0.5, 0.6) is 0 Å². The molecule has 0 radical (unpaired) electrons. The Labute approximate surface area is 215 Å². The van der Waals surface area contributed by atoms with Crippen molar-refractivity contribution in [2.24, 2.45) is 0 Å². The molecule has 1 amide bonds. The molecule has 0 bridgehead atoms. The molecule has 208 valence electrons. The van der Waals surface area contributed by atoms with Gasteiger partial charge < -0.3 is 25.7 Å². The number of aliphatic hydroxyl groups excluding tert-OH is 4. The predicted octanol–water partition coefficient (Wildman–Crippen LogP) is 5.55. The van der Waals surface area contributed by atoms with Crippen LogP contribution in [0.4, 0.5) is 0 Å². The number of unbranched alkanes of at least 4 members (excludes halogenated alkanes) is 14. The highest BCUT2D eigenvalue weighted by Crippen LogP contribution is 2.13. The highest BCUT2D eigenvalue weighted by molar-refractivity contribution is 5.80. The average molecular weight is 500 g/mol. The summed E-state index contributed by atoms with van der Waals surface area (Å²) in [5.41, 5.74) is 0. The van der Waals surface area contributed by atoms with Gasteiger partial charge in [-0.15, -0.1) is 0 Å². The molecule has 0 aliphatic carbocycles. The van der Waals surface area contributed by atoms with Crippen LogP contribution < -0.4 is 5.32 Å². The van der Waals surface area contributed by atoms with Crippen LogP contribution in [0.1, 0.15) is 136 Å². The number of amides is 1. The average Bonchev–Trinajstić information content (AvgIpc) is 2.86. The number of carbonyl (C=O) groups excluding carboxylic acids is 1. The van der Waals surface area contributed by atoms with Crippen LogP contribution in [0, 0.1) is 0 Å². The molecule has 6 nitrogen and oxygen atoms in total. The van der Waals surface area contributed by atoms with Gasteiger partial charge in [0.05, 0.1) is 18.8 Å². The van der Waals surface area contributed by atoms with Crippen molar-refractivity contribution in [2.75, 3.05) is 6.61 Å². The Morgan fingerprint density at radius 1 is 0.686 bits per heavy atom. The Morgan fingerprint density at radius 3 is 1.69 bits per heavy atom. The fourth-order valence-electron chi connectivity index (χ4n) is 4.28. The van der Waals surface area contributed by atoms with Crippen LogP contribution >= 0.6 is 0 Å². The van der Waals surface area contributed by atoms with E-state index < -0.39 is 36.9 Å². The van der Waals surface area contributed by atoms with Gasteiger partial charge >= 0.3 is 0 Å².